The Labute approximate surface area is 405 Å². The maximum atomic E-state index is 12.5. The molecule has 0 saturated heterocycles. The number of hydrogen-bond donors (Lipinski definition) is 3. The van der Waals surface area contributed by atoms with Crippen LogP contribution in [0.25, 0.3) is 0 Å². The van der Waals surface area contributed by atoms with Gasteiger partial charge >= 0.3 is 5.97 Å². The van der Waals surface area contributed by atoms with Gasteiger partial charge in [0.25, 0.3) is 0 Å². The van der Waals surface area contributed by atoms with Gasteiger partial charge in [0.2, 0.25) is 5.91 Å². The molecule has 2 atom stereocenters. The third kappa shape index (κ3) is 51.6. The van der Waals surface area contributed by atoms with Gasteiger partial charge in [0.1, 0.15) is 0 Å². The number of aliphatic hydroxyl groups excluding tert-OH is 2. The van der Waals surface area contributed by atoms with E-state index in [0.29, 0.717) is 25.9 Å². The molecule has 0 aliphatic carbocycles. The monoisotopic (exact) mass is 916 g/mol. The minimum Gasteiger partial charge on any atom is -0.466 e. The van der Waals surface area contributed by atoms with Crippen LogP contribution in [0, 0.1) is 0 Å². The summed E-state index contributed by atoms with van der Waals surface area (Å²) in [5.41, 5.74) is 0. The lowest BCUT2D eigenvalue weighted by Crippen LogP contribution is -2.45. The summed E-state index contributed by atoms with van der Waals surface area (Å²) in [7, 11) is 0. The minimum atomic E-state index is -0.670. The standard InChI is InChI=1S/C59H113NO5/c1-3-5-7-9-11-13-15-16-28-32-35-39-43-47-51-57(62)56(55-61)60-58(63)52-48-44-40-36-33-29-26-24-22-20-18-17-19-21-23-25-27-30-34-38-42-46-50-54-65-59(64)53-49-45-41-37-31-14-12-10-8-6-4-2/h17,19-20,22,56-57,61-62H,3-16,18,21,23-55H2,1-2H3,(H,60,63)/b19-17-,22-20-. The second kappa shape index (κ2) is 54.9. The van der Waals surface area contributed by atoms with Crippen molar-refractivity contribution in [3.8, 4) is 0 Å². The first-order valence-corrected chi connectivity index (χ1v) is 29.1. The summed E-state index contributed by atoms with van der Waals surface area (Å²) in [5.74, 6) is -0.0376. The van der Waals surface area contributed by atoms with Gasteiger partial charge in [-0.15, -0.1) is 0 Å². The van der Waals surface area contributed by atoms with Crippen LogP contribution in [-0.4, -0.2) is 47.4 Å². The van der Waals surface area contributed by atoms with Crippen molar-refractivity contribution >= 4 is 11.9 Å². The Bertz CT molecular complexity index is 1010. The van der Waals surface area contributed by atoms with Gasteiger partial charge in [0.15, 0.2) is 0 Å². The number of esters is 1. The lowest BCUT2D eigenvalue weighted by atomic mass is 10.0. The molecule has 0 aromatic carbocycles. The van der Waals surface area contributed by atoms with Gasteiger partial charge in [-0.2, -0.15) is 0 Å². The summed E-state index contributed by atoms with van der Waals surface area (Å²) in [6.45, 7) is 4.95. The molecule has 1 amide bonds. The van der Waals surface area contributed by atoms with Crippen molar-refractivity contribution in [2.24, 2.45) is 0 Å². The molecule has 0 heterocycles. The molecule has 384 valence electrons. The fraction of sp³-hybridized carbons (Fsp3) is 0.898. The number of unbranched alkanes of at least 4 members (excludes halogenated alkanes) is 39. The molecule has 0 rings (SSSR count). The molecular weight excluding hydrogens is 803 g/mol. The molecule has 0 aromatic heterocycles. The number of rotatable bonds is 54. The van der Waals surface area contributed by atoms with Crippen molar-refractivity contribution in [1.29, 1.82) is 0 Å². The quantitative estimate of drug-likeness (QED) is 0.0321. The number of carbonyl (C=O) groups is 2. The summed E-state index contributed by atoms with van der Waals surface area (Å²) in [6.07, 6.45) is 66.0. The van der Waals surface area contributed by atoms with Crippen LogP contribution in [0.4, 0.5) is 0 Å². The van der Waals surface area contributed by atoms with Crippen molar-refractivity contribution < 1.29 is 24.5 Å². The van der Waals surface area contributed by atoms with E-state index in [4.69, 9.17) is 4.74 Å². The maximum absolute atomic E-state index is 12.5. The summed E-state index contributed by atoms with van der Waals surface area (Å²) >= 11 is 0. The van der Waals surface area contributed by atoms with E-state index < -0.39 is 12.1 Å². The number of ether oxygens (including phenoxy) is 1. The summed E-state index contributed by atoms with van der Waals surface area (Å²) in [5, 5.41) is 23.2. The first kappa shape index (κ1) is 63.3. The van der Waals surface area contributed by atoms with Crippen LogP contribution < -0.4 is 5.32 Å². The third-order valence-electron chi connectivity index (χ3n) is 13.5. The zero-order chi connectivity index (χ0) is 47.2. The van der Waals surface area contributed by atoms with Gasteiger partial charge in [-0.1, -0.05) is 269 Å². The lowest BCUT2D eigenvalue weighted by Gasteiger charge is -2.22. The summed E-state index contributed by atoms with van der Waals surface area (Å²) in [6, 6.07) is -0.548. The van der Waals surface area contributed by atoms with Gasteiger partial charge in [-0.3, -0.25) is 9.59 Å². The first-order valence-electron chi connectivity index (χ1n) is 29.1. The average Bonchev–Trinajstić information content (AvgIpc) is 3.31. The number of hydrogen-bond acceptors (Lipinski definition) is 5. The SMILES string of the molecule is CCCCCCCCCCCCCCCCC(O)C(CO)NC(=O)CCCCCCCCC/C=C\C/C=C\CCCCCCCCCCCOC(=O)CCCCCCCCCCCCC. The minimum absolute atomic E-state index is 0.00681. The highest BCUT2D eigenvalue weighted by atomic mass is 16.5. The number of nitrogens with one attached hydrogen (secondary N) is 1. The molecule has 0 saturated carbocycles. The molecule has 65 heavy (non-hydrogen) atoms. The Balaban J connectivity index is 3.45. The third-order valence-corrected chi connectivity index (χ3v) is 13.5. The number of aliphatic hydroxyl groups is 2. The van der Waals surface area contributed by atoms with Crippen molar-refractivity contribution in [2.45, 2.75) is 328 Å². The van der Waals surface area contributed by atoms with E-state index in [0.717, 1.165) is 51.4 Å². The molecular formula is C59H113NO5. The van der Waals surface area contributed by atoms with Crippen LogP contribution in [0.2, 0.25) is 0 Å². The highest BCUT2D eigenvalue weighted by Crippen LogP contribution is 2.17. The zero-order valence-corrected chi connectivity index (χ0v) is 43.7. The molecule has 6 heteroatoms. The highest BCUT2D eigenvalue weighted by molar-refractivity contribution is 5.76. The maximum Gasteiger partial charge on any atom is 0.305 e. The smallest absolute Gasteiger partial charge is 0.305 e. The van der Waals surface area contributed by atoms with Gasteiger partial charge in [-0.05, 0) is 57.8 Å². The van der Waals surface area contributed by atoms with Crippen LogP contribution in [0.5, 0.6) is 0 Å². The van der Waals surface area contributed by atoms with Gasteiger partial charge in [0, 0.05) is 12.8 Å². The first-order chi connectivity index (χ1) is 32.0. The van der Waals surface area contributed by atoms with E-state index in [1.54, 1.807) is 0 Å². The second-order valence-electron chi connectivity index (χ2n) is 20.0. The van der Waals surface area contributed by atoms with Crippen molar-refractivity contribution in [3.05, 3.63) is 24.3 Å². The summed E-state index contributed by atoms with van der Waals surface area (Å²) < 4.78 is 5.46. The van der Waals surface area contributed by atoms with Crippen molar-refractivity contribution in [1.82, 2.24) is 5.32 Å². The molecule has 0 spiro atoms. The molecule has 6 nitrogen and oxygen atoms in total. The normalized spacial score (nSPS) is 12.7. The molecule has 0 radical (unpaired) electrons. The molecule has 3 N–H and O–H groups in total. The Morgan fingerprint density at radius 1 is 0.431 bits per heavy atom. The molecule has 2 unspecified atom stereocenters. The Morgan fingerprint density at radius 2 is 0.769 bits per heavy atom. The Kier molecular flexibility index (Phi) is 53.5. The molecule has 0 aliphatic rings. The fourth-order valence-corrected chi connectivity index (χ4v) is 9.02. The van der Waals surface area contributed by atoms with Crippen LogP contribution >= 0.6 is 0 Å². The topological polar surface area (TPSA) is 95.9 Å². The van der Waals surface area contributed by atoms with Crippen LogP contribution in [0.1, 0.15) is 316 Å². The lowest BCUT2D eigenvalue weighted by molar-refractivity contribution is -0.143. The fourth-order valence-electron chi connectivity index (χ4n) is 9.02. The predicted octanol–water partition coefficient (Wildman–Crippen LogP) is 17.9. The Hall–Kier alpha value is -1.66. The average molecular weight is 917 g/mol. The Morgan fingerprint density at radius 3 is 1.17 bits per heavy atom. The van der Waals surface area contributed by atoms with Crippen LogP contribution in [-0.2, 0) is 14.3 Å². The number of allylic oxidation sites excluding steroid dienone is 4. The number of amides is 1. The van der Waals surface area contributed by atoms with Crippen molar-refractivity contribution in [3.63, 3.8) is 0 Å². The molecule has 0 aromatic rings. The predicted molar refractivity (Wildman–Crippen MR) is 283 cm³/mol. The van der Waals surface area contributed by atoms with E-state index in [-0.39, 0.29) is 18.5 Å². The van der Waals surface area contributed by atoms with Crippen molar-refractivity contribution in [2.75, 3.05) is 13.2 Å². The van der Waals surface area contributed by atoms with Gasteiger partial charge in [-0.25, -0.2) is 0 Å². The molecule has 0 bridgehead atoms. The largest absolute Gasteiger partial charge is 0.466 e. The van der Waals surface area contributed by atoms with E-state index in [1.165, 1.54) is 231 Å². The van der Waals surface area contributed by atoms with E-state index in [2.05, 4.69) is 43.5 Å². The number of carbonyl (C=O) groups excluding carboxylic acids is 2. The highest BCUT2D eigenvalue weighted by Gasteiger charge is 2.20. The van der Waals surface area contributed by atoms with E-state index in [9.17, 15) is 19.8 Å². The molecule has 0 aliphatic heterocycles. The van der Waals surface area contributed by atoms with Gasteiger partial charge in [0.05, 0.1) is 25.4 Å². The molecule has 0 fully saturated rings. The van der Waals surface area contributed by atoms with E-state index >= 15 is 0 Å². The second-order valence-corrected chi connectivity index (χ2v) is 20.0. The van der Waals surface area contributed by atoms with Crippen LogP contribution in [0.15, 0.2) is 24.3 Å². The van der Waals surface area contributed by atoms with Crippen LogP contribution in [0.3, 0.4) is 0 Å². The van der Waals surface area contributed by atoms with E-state index in [1.807, 2.05) is 0 Å². The summed E-state index contributed by atoms with van der Waals surface area (Å²) in [4.78, 5) is 24.4. The zero-order valence-electron chi connectivity index (χ0n) is 43.7. The van der Waals surface area contributed by atoms with Gasteiger partial charge < -0.3 is 20.3 Å².